The van der Waals surface area contributed by atoms with Crippen molar-refractivity contribution in [2.24, 2.45) is 5.92 Å². The minimum absolute atomic E-state index is 0.612. The van der Waals surface area contributed by atoms with Crippen LogP contribution in [0.4, 0.5) is 0 Å². The van der Waals surface area contributed by atoms with Gasteiger partial charge in [-0.3, -0.25) is 0 Å². The van der Waals surface area contributed by atoms with Crippen molar-refractivity contribution in [3.05, 3.63) is 11.7 Å². The Balaban J connectivity index is 1.80. The predicted octanol–water partition coefficient (Wildman–Crippen LogP) is 2.25. The average molecular weight is 255 g/mol. The van der Waals surface area contributed by atoms with Crippen LogP contribution in [0.1, 0.15) is 38.4 Å². The Morgan fingerprint density at radius 1 is 1.41 bits per heavy atom. The maximum absolute atomic E-state index is 5.30. The number of aromatic nitrogens is 2. The molecule has 1 aromatic rings. The van der Waals surface area contributed by atoms with Crippen LogP contribution in [-0.4, -0.2) is 28.5 Å². The van der Waals surface area contributed by atoms with E-state index in [1.165, 1.54) is 12.8 Å². The number of hydrogen-bond acceptors (Lipinski definition) is 5. The van der Waals surface area contributed by atoms with Gasteiger partial charge < -0.3 is 9.84 Å². The first-order valence-electron chi connectivity index (χ1n) is 6.38. The van der Waals surface area contributed by atoms with E-state index in [9.17, 15) is 0 Å². The molecule has 0 unspecified atom stereocenters. The van der Waals surface area contributed by atoms with Gasteiger partial charge in [-0.2, -0.15) is 16.7 Å². The Hall–Kier alpha value is -0.550. The highest BCUT2D eigenvalue weighted by Gasteiger charge is 2.17. The summed E-state index contributed by atoms with van der Waals surface area (Å²) in [4.78, 5) is 4.46. The van der Waals surface area contributed by atoms with Gasteiger partial charge >= 0.3 is 0 Å². The molecule has 0 saturated carbocycles. The van der Waals surface area contributed by atoms with Gasteiger partial charge in [0.15, 0.2) is 5.82 Å². The second kappa shape index (κ2) is 6.40. The minimum atomic E-state index is 0.612. The van der Waals surface area contributed by atoms with Crippen LogP contribution in [0.25, 0.3) is 0 Å². The fourth-order valence-corrected chi connectivity index (χ4v) is 2.61. The molecule has 2 heterocycles. The van der Waals surface area contributed by atoms with E-state index in [1.807, 2.05) is 11.8 Å². The fourth-order valence-electron chi connectivity index (χ4n) is 2.01. The zero-order valence-electron chi connectivity index (χ0n) is 10.6. The van der Waals surface area contributed by atoms with Gasteiger partial charge in [-0.25, -0.2) is 0 Å². The number of hydrogen-bond donors (Lipinski definition) is 1. The van der Waals surface area contributed by atoms with Gasteiger partial charge in [0.1, 0.15) is 0 Å². The summed E-state index contributed by atoms with van der Waals surface area (Å²) in [6.45, 7) is 6.60. The van der Waals surface area contributed by atoms with E-state index in [1.54, 1.807) is 0 Å². The lowest BCUT2D eigenvalue weighted by molar-refractivity contribution is 0.312. The van der Waals surface area contributed by atoms with Gasteiger partial charge in [0.2, 0.25) is 5.89 Å². The Bertz CT molecular complexity index is 334. The molecular weight excluding hydrogens is 234 g/mol. The molecule has 1 saturated heterocycles. The summed E-state index contributed by atoms with van der Waals surface area (Å²) in [5.41, 5.74) is 0. The normalized spacial score (nSPS) is 17.8. The zero-order chi connectivity index (χ0) is 12.1. The highest BCUT2D eigenvalue weighted by molar-refractivity contribution is 7.99. The molecule has 4 nitrogen and oxygen atoms in total. The predicted molar refractivity (Wildman–Crippen MR) is 70.0 cm³/mol. The quantitative estimate of drug-likeness (QED) is 0.874. The van der Waals surface area contributed by atoms with E-state index >= 15 is 0 Å². The molecular formula is C12H21N3OS. The molecule has 0 radical (unpaired) electrons. The molecule has 2 rings (SSSR count). The average Bonchev–Trinajstić information content (AvgIpc) is 2.75. The molecule has 1 aliphatic heterocycles. The van der Waals surface area contributed by atoms with Crippen LogP contribution in [0.2, 0.25) is 0 Å². The van der Waals surface area contributed by atoms with Crippen molar-refractivity contribution in [1.29, 1.82) is 0 Å². The third-order valence-corrected chi connectivity index (χ3v) is 4.07. The number of nitrogens with zero attached hydrogens (tertiary/aromatic N) is 2. The molecule has 0 aromatic carbocycles. The van der Waals surface area contributed by atoms with Gasteiger partial charge in [-0.05, 0) is 37.1 Å². The maximum atomic E-state index is 5.30. The molecule has 0 amide bonds. The number of thioether (sulfide) groups is 1. The van der Waals surface area contributed by atoms with E-state index in [0.717, 1.165) is 37.0 Å². The molecule has 1 fully saturated rings. The van der Waals surface area contributed by atoms with Crippen LogP contribution < -0.4 is 5.32 Å². The lowest BCUT2D eigenvalue weighted by Crippen LogP contribution is -2.28. The van der Waals surface area contributed by atoms with Crippen LogP contribution in [-0.2, 0) is 12.2 Å². The monoisotopic (exact) mass is 255 g/mol. The van der Waals surface area contributed by atoms with Crippen LogP contribution in [0, 0.1) is 5.92 Å². The smallest absolute Gasteiger partial charge is 0.226 e. The number of piperidine rings is 1. The Labute approximate surface area is 107 Å². The summed E-state index contributed by atoms with van der Waals surface area (Å²) < 4.78 is 5.30. The van der Waals surface area contributed by atoms with Crippen molar-refractivity contribution >= 4 is 11.8 Å². The van der Waals surface area contributed by atoms with Crippen molar-refractivity contribution in [1.82, 2.24) is 15.5 Å². The van der Waals surface area contributed by atoms with Gasteiger partial charge in [0.25, 0.3) is 0 Å². The van der Waals surface area contributed by atoms with Crippen molar-refractivity contribution < 1.29 is 4.52 Å². The van der Waals surface area contributed by atoms with Gasteiger partial charge in [0.05, 0.1) is 5.75 Å². The second-order valence-electron chi connectivity index (χ2n) is 4.86. The summed E-state index contributed by atoms with van der Waals surface area (Å²) in [5.74, 6) is 3.22. The Morgan fingerprint density at radius 3 is 2.88 bits per heavy atom. The van der Waals surface area contributed by atoms with Crippen molar-refractivity contribution in [2.75, 3.05) is 13.1 Å². The van der Waals surface area contributed by atoms with Crippen molar-refractivity contribution in [3.63, 3.8) is 0 Å². The minimum Gasteiger partial charge on any atom is -0.339 e. The molecule has 96 valence electrons. The zero-order valence-corrected chi connectivity index (χ0v) is 11.4. The van der Waals surface area contributed by atoms with Crippen LogP contribution in [0.15, 0.2) is 4.52 Å². The molecule has 5 heteroatoms. The maximum Gasteiger partial charge on any atom is 0.226 e. The lowest BCUT2D eigenvalue weighted by Gasteiger charge is -2.20. The molecule has 0 atom stereocenters. The first kappa shape index (κ1) is 12.9. The summed E-state index contributed by atoms with van der Waals surface area (Å²) >= 11 is 1.85. The first-order valence-corrected chi connectivity index (χ1v) is 7.42. The van der Waals surface area contributed by atoms with Crippen LogP contribution in [0.5, 0.6) is 0 Å². The Morgan fingerprint density at radius 2 is 2.18 bits per heavy atom. The molecule has 1 aromatic heterocycles. The molecule has 0 spiro atoms. The summed E-state index contributed by atoms with van der Waals surface area (Å²) in [5, 5.41) is 8.01. The molecule has 1 aliphatic rings. The lowest BCUT2D eigenvalue weighted by atomic mass is 9.95. The van der Waals surface area contributed by atoms with E-state index < -0.39 is 0 Å². The highest BCUT2D eigenvalue weighted by atomic mass is 32.2. The van der Waals surface area contributed by atoms with Crippen molar-refractivity contribution in [3.8, 4) is 0 Å². The van der Waals surface area contributed by atoms with Gasteiger partial charge in [0, 0.05) is 6.42 Å². The second-order valence-corrected chi connectivity index (χ2v) is 6.43. The van der Waals surface area contributed by atoms with Gasteiger partial charge in [-0.15, -0.1) is 0 Å². The van der Waals surface area contributed by atoms with Crippen LogP contribution >= 0.6 is 11.8 Å². The van der Waals surface area contributed by atoms with Crippen LogP contribution in [0.3, 0.4) is 0 Å². The Kier molecular flexibility index (Phi) is 4.86. The third kappa shape index (κ3) is 4.32. The summed E-state index contributed by atoms with van der Waals surface area (Å²) in [6, 6.07) is 0. The summed E-state index contributed by atoms with van der Waals surface area (Å²) in [6.07, 6.45) is 3.39. The SMILES string of the molecule is CC(C)SCc1noc(CC2CCNCC2)n1. The number of rotatable bonds is 5. The fraction of sp³-hybridized carbons (Fsp3) is 0.833. The van der Waals surface area contributed by atoms with E-state index in [4.69, 9.17) is 4.52 Å². The molecule has 0 bridgehead atoms. The van der Waals surface area contributed by atoms with E-state index in [0.29, 0.717) is 11.2 Å². The van der Waals surface area contributed by atoms with Gasteiger partial charge in [-0.1, -0.05) is 19.0 Å². The van der Waals surface area contributed by atoms with Crippen molar-refractivity contribution in [2.45, 2.75) is 44.1 Å². The third-order valence-electron chi connectivity index (χ3n) is 2.98. The topological polar surface area (TPSA) is 51.0 Å². The number of nitrogens with one attached hydrogen (secondary N) is 1. The van der Waals surface area contributed by atoms with E-state index in [-0.39, 0.29) is 0 Å². The van der Waals surface area contributed by atoms with E-state index in [2.05, 4.69) is 29.3 Å². The molecule has 0 aliphatic carbocycles. The largest absolute Gasteiger partial charge is 0.339 e. The summed E-state index contributed by atoms with van der Waals surface area (Å²) in [7, 11) is 0. The molecule has 17 heavy (non-hydrogen) atoms. The first-order chi connectivity index (χ1) is 8.24. The molecule has 1 N–H and O–H groups in total. The standard InChI is InChI=1S/C12H21N3OS/c1-9(2)17-8-11-14-12(16-15-11)7-10-3-5-13-6-4-10/h9-10,13H,3-8H2,1-2H3. The highest BCUT2D eigenvalue weighted by Crippen LogP contribution is 2.19.